The highest BCUT2D eigenvalue weighted by Crippen LogP contribution is 2.38. The van der Waals surface area contributed by atoms with Crippen LogP contribution in [0.2, 0.25) is 0 Å². The van der Waals surface area contributed by atoms with Gasteiger partial charge in [0.05, 0.1) is 19.6 Å². The molecule has 2 aromatic carbocycles. The second-order valence-corrected chi connectivity index (χ2v) is 5.83. The number of halogens is 2. The lowest BCUT2D eigenvalue weighted by atomic mass is 9.99. The van der Waals surface area contributed by atoms with Gasteiger partial charge in [0, 0.05) is 4.47 Å². The van der Waals surface area contributed by atoms with E-state index in [2.05, 4.69) is 15.9 Å². The molecule has 2 nitrogen and oxygen atoms in total. The number of rotatable bonds is 4. The van der Waals surface area contributed by atoms with Crippen molar-refractivity contribution in [3.63, 3.8) is 0 Å². The predicted octanol–water partition coefficient (Wildman–Crippen LogP) is 5.10. The van der Waals surface area contributed by atoms with Crippen LogP contribution in [0.1, 0.15) is 22.1 Å². The third kappa shape index (κ3) is 3.10. The summed E-state index contributed by atoms with van der Waals surface area (Å²) in [6.45, 7) is 2.02. The summed E-state index contributed by atoms with van der Waals surface area (Å²) in [5.41, 5.74) is 3.13. The zero-order valence-corrected chi connectivity index (χ0v) is 14.0. The summed E-state index contributed by atoms with van der Waals surface area (Å²) < 4.78 is 11.7. The van der Waals surface area contributed by atoms with Crippen molar-refractivity contribution in [2.24, 2.45) is 0 Å². The summed E-state index contributed by atoms with van der Waals surface area (Å²) in [5.74, 6) is 1.40. The molecular weight excluding hydrogens is 340 g/mol. The van der Waals surface area contributed by atoms with Crippen LogP contribution < -0.4 is 9.47 Å². The van der Waals surface area contributed by atoms with Gasteiger partial charge in [0.1, 0.15) is 0 Å². The number of hydrogen-bond donors (Lipinski definition) is 0. The first kappa shape index (κ1) is 15.2. The number of ether oxygens (including phenoxy) is 2. The molecule has 0 amide bonds. The molecule has 0 saturated heterocycles. The maximum absolute atomic E-state index is 6.62. The Kier molecular flexibility index (Phi) is 4.95. The van der Waals surface area contributed by atoms with E-state index in [4.69, 9.17) is 21.1 Å². The first-order valence-electron chi connectivity index (χ1n) is 6.19. The number of hydrogen-bond acceptors (Lipinski definition) is 2. The van der Waals surface area contributed by atoms with Crippen LogP contribution in [0.25, 0.3) is 0 Å². The fourth-order valence-corrected chi connectivity index (χ4v) is 2.90. The average molecular weight is 356 g/mol. The summed E-state index contributed by atoms with van der Waals surface area (Å²) in [7, 11) is 3.25. The van der Waals surface area contributed by atoms with Crippen LogP contribution in [-0.4, -0.2) is 14.2 Å². The Labute approximate surface area is 132 Å². The molecule has 0 aliphatic heterocycles. The molecule has 0 aliphatic rings. The Morgan fingerprint density at radius 1 is 1.05 bits per heavy atom. The molecule has 0 bridgehead atoms. The van der Waals surface area contributed by atoms with Gasteiger partial charge in [-0.2, -0.15) is 0 Å². The first-order chi connectivity index (χ1) is 9.56. The molecule has 2 rings (SSSR count). The average Bonchev–Trinajstić information content (AvgIpc) is 2.46. The van der Waals surface area contributed by atoms with Gasteiger partial charge in [0.15, 0.2) is 11.5 Å². The maximum atomic E-state index is 6.62. The van der Waals surface area contributed by atoms with Gasteiger partial charge in [-0.15, -0.1) is 11.6 Å². The molecule has 4 heteroatoms. The van der Waals surface area contributed by atoms with Crippen LogP contribution in [0.5, 0.6) is 11.5 Å². The Morgan fingerprint density at radius 2 is 1.70 bits per heavy atom. The Hall–Kier alpha value is -1.19. The fraction of sp³-hybridized carbons (Fsp3) is 0.250. The Balaban J connectivity index is 2.46. The lowest BCUT2D eigenvalue weighted by Crippen LogP contribution is -1.99. The van der Waals surface area contributed by atoms with E-state index in [0.29, 0.717) is 11.5 Å². The molecule has 2 aromatic rings. The quantitative estimate of drug-likeness (QED) is 0.710. The van der Waals surface area contributed by atoms with Crippen LogP contribution in [0, 0.1) is 6.92 Å². The van der Waals surface area contributed by atoms with Crippen LogP contribution in [0.4, 0.5) is 0 Å². The van der Waals surface area contributed by atoms with Crippen molar-refractivity contribution in [1.29, 1.82) is 0 Å². The predicted molar refractivity (Wildman–Crippen MR) is 86.1 cm³/mol. The molecule has 0 saturated carbocycles. The SMILES string of the molecule is COc1cc(C)c(C(Cl)c2cccc(Br)c2)cc1OC. The van der Waals surface area contributed by atoms with Crippen molar-refractivity contribution < 1.29 is 9.47 Å². The van der Waals surface area contributed by atoms with Gasteiger partial charge in [0.25, 0.3) is 0 Å². The van der Waals surface area contributed by atoms with Gasteiger partial charge in [-0.05, 0) is 47.9 Å². The lowest BCUT2D eigenvalue weighted by molar-refractivity contribution is 0.354. The van der Waals surface area contributed by atoms with Crippen LogP contribution in [0.15, 0.2) is 40.9 Å². The Bertz CT molecular complexity index is 613. The second kappa shape index (κ2) is 6.51. The third-order valence-electron chi connectivity index (χ3n) is 3.19. The molecule has 106 valence electrons. The molecule has 0 heterocycles. The summed E-state index contributed by atoms with van der Waals surface area (Å²) in [6.07, 6.45) is 0. The van der Waals surface area contributed by atoms with Crippen molar-refractivity contribution in [3.8, 4) is 11.5 Å². The lowest BCUT2D eigenvalue weighted by Gasteiger charge is -2.17. The summed E-state index contributed by atoms with van der Waals surface area (Å²) >= 11 is 10.1. The normalized spacial score (nSPS) is 12.1. The van der Waals surface area contributed by atoms with Gasteiger partial charge < -0.3 is 9.47 Å². The summed E-state index contributed by atoms with van der Waals surface area (Å²) in [5, 5.41) is -0.229. The van der Waals surface area contributed by atoms with Gasteiger partial charge in [-0.3, -0.25) is 0 Å². The number of benzene rings is 2. The van der Waals surface area contributed by atoms with Crippen molar-refractivity contribution >= 4 is 27.5 Å². The minimum absolute atomic E-state index is 0.229. The molecular formula is C16H16BrClO2. The molecule has 1 unspecified atom stereocenters. The van der Waals surface area contributed by atoms with E-state index < -0.39 is 0 Å². The van der Waals surface area contributed by atoms with E-state index in [0.717, 1.165) is 21.2 Å². The first-order valence-corrected chi connectivity index (χ1v) is 7.41. The van der Waals surface area contributed by atoms with Crippen molar-refractivity contribution in [2.45, 2.75) is 12.3 Å². The topological polar surface area (TPSA) is 18.5 Å². The third-order valence-corrected chi connectivity index (χ3v) is 4.17. The molecule has 0 fully saturated rings. The van der Waals surface area contributed by atoms with Gasteiger partial charge in [-0.1, -0.05) is 28.1 Å². The van der Waals surface area contributed by atoms with Crippen molar-refractivity contribution in [1.82, 2.24) is 0 Å². The summed E-state index contributed by atoms with van der Waals surface area (Å²) in [6, 6.07) is 11.9. The van der Waals surface area contributed by atoms with Gasteiger partial charge in [0.2, 0.25) is 0 Å². The minimum atomic E-state index is -0.229. The van der Waals surface area contributed by atoms with Gasteiger partial charge >= 0.3 is 0 Å². The Morgan fingerprint density at radius 3 is 2.30 bits per heavy atom. The van der Waals surface area contributed by atoms with Crippen LogP contribution in [-0.2, 0) is 0 Å². The molecule has 0 aliphatic carbocycles. The van der Waals surface area contributed by atoms with E-state index in [9.17, 15) is 0 Å². The highest BCUT2D eigenvalue weighted by molar-refractivity contribution is 9.10. The van der Waals surface area contributed by atoms with Crippen LogP contribution in [0.3, 0.4) is 0 Å². The molecule has 0 aromatic heterocycles. The maximum Gasteiger partial charge on any atom is 0.161 e. The molecule has 0 N–H and O–H groups in total. The fourth-order valence-electron chi connectivity index (χ4n) is 2.11. The van der Waals surface area contributed by atoms with Gasteiger partial charge in [-0.25, -0.2) is 0 Å². The van der Waals surface area contributed by atoms with E-state index in [1.165, 1.54) is 0 Å². The van der Waals surface area contributed by atoms with Crippen molar-refractivity contribution in [3.05, 3.63) is 57.6 Å². The monoisotopic (exact) mass is 354 g/mol. The summed E-state index contributed by atoms with van der Waals surface area (Å²) in [4.78, 5) is 0. The number of alkyl halides is 1. The zero-order chi connectivity index (χ0) is 14.7. The van der Waals surface area contributed by atoms with Crippen LogP contribution >= 0.6 is 27.5 Å². The van der Waals surface area contributed by atoms with E-state index in [1.54, 1.807) is 14.2 Å². The highest BCUT2D eigenvalue weighted by Gasteiger charge is 2.17. The minimum Gasteiger partial charge on any atom is -0.493 e. The molecule has 1 atom stereocenters. The van der Waals surface area contributed by atoms with Crippen molar-refractivity contribution in [2.75, 3.05) is 14.2 Å². The van der Waals surface area contributed by atoms with E-state index >= 15 is 0 Å². The standard InChI is InChI=1S/C16H16BrClO2/c1-10-7-14(19-2)15(20-3)9-13(10)16(18)11-5-4-6-12(17)8-11/h4-9,16H,1-3H3. The number of methoxy groups -OCH3 is 2. The van der Waals surface area contributed by atoms with E-state index in [1.807, 2.05) is 43.3 Å². The second-order valence-electron chi connectivity index (χ2n) is 4.48. The smallest absolute Gasteiger partial charge is 0.161 e. The highest BCUT2D eigenvalue weighted by atomic mass is 79.9. The zero-order valence-electron chi connectivity index (χ0n) is 11.6. The largest absolute Gasteiger partial charge is 0.493 e. The molecule has 20 heavy (non-hydrogen) atoms. The van der Waals surface area contributed by atoms with E-state index in [-0.39, 0.29) is 5.38 Å². The molecule has 0 radical (unpaired) electrons. The number of aryl methyl sites for hydroxylation is 1. The molecule has 0 spiro atoms.